The predicted octanol–water partition coefficient (Wildman–Crippen LogP) is 3.06. The zero-order chi connectivity index (χ0) is 19.7. The van der Waals surface area contributed by atoms with Crippen molar-refractivity contribution in [3.63, 3.8) is 0 Å². The summed E-state index contributed by atoms with van der Waals surface area (Å²) in [5.74, 6) is -0.0173. The number of carbonyl (C=O) groups is 1. The summed E-state index contributed by atoms with van der Waals surface area (Å²) in [4.78, 5) is 18.0. The number of aryl methyl sites for hydroxylation is 1. The number of carbonyl (C=O) groups excluding carboxylic acids is 1. The van der Waals surface area contributed by atoms with Gasteiger partial charge < -0.3 is 9.88 Å². The number of H-pyrrole nitrogens is 1. The summed E-state index contributed by atoms with van der Waals surface area (Å²) >= 11 is 0. The summed E-state index contributed by atoms with van der Waals surface area (Å²) in [6, 6.07) is 14.3. The number of aromatic nitrogens is 1. The molecule has 2 N–H and O–H groups in total. The highest BCUT2D eigenvalue weighted by Gasteiger charge is 2.27. The van der Waals surface area contributed by atoms with Crippen molar-refractivity contribution in [3.8, 4) is 0 Å². The van der Waals surface area contributed by atoms with Crippen LogP contribution in [0.5, 0.6) is 0 Å². The smallest absolute Gasteiger partial charge is 0.253 e. The number of sulfonamides is 1. The molecule has 0 bridgehead atoms. The molecule has 1 amide bonds. The maximum absolute atomic E-state index is 12.8. The monoisotopic (exact) mass is 397 g/mol. The van der Waals surface area contributed by atoms with Crippen molar-refractivity contribution in [2.75, 3.05) is 13.1 Å². The van der Waals surface area contributed by atoms with Gasteiger partial charge >= 0.3 is 0 Å². The third kappa shape index (κ3) is 3.81. The quantitative estimate of drug-likeness (QED) is 0.710. The number of benzene rings is 2. The summed E-state index contributed by atoms with van der Waals surface area (Å²) in [5, 5.41) is 1.07. The molecule has 2 heterocycles. The van der Waals surface area contributed by atoms with Crippen LogP contribution in [0.2, 0.25) is 0 Å². The summed E-state index contributed by atoms with van der Waals surface area (Å²) in [6.45, 7) is 2.98. The van der Waals surface area contributed by atoms with Gasteiger partial charge in [-0.1, -0.05) is 23.8 Å². The van der Waals surface area contributed by atoms with E-state index in [-0.39, 0.29) is 16.8 Å². The van der Waals surface area contributed by atoms with Gasteiger partial charge in [0.1, 0.15) is 0 Å². The van der Waals surface area contributed by atoms with Gasteiger partial charge in [-0.2, -0.15) is 0 Å². The fraction of sp³-hybridized carbons (Fsp3) is 0.286. The van der Waals surface area contributed by atoms with E-state index in [4.69, 9.17) is 0 Å². The van der Waals surface area contributed by atoms with E-state index in [0.29, 0.717) is 31.5 Å². The molecule has 6 nitrogen and oxygen atoms in total. The highest BCUT2D eigenvalue weighted by Crippen LogP contribution is 2.19. The van der Waals surface area contributed by atoms with E-state index < -0.39 is 10.0 Å². The van der Waals surface area contributed by atoms with Crippen molar-refractivity contribution in [2.45, 2.75) is 30.7 Å². The van der Waals surface area contributed by atoms with Crippen LogP contribution in [0.1, 0.15) is 28.8 Å². The van der Waals surface area contributed by atoms with Gasteiger partial charge in [-0.3, -0.25) is 4.79 Å². The van der Waals surface area contributed by atoms with Crippen molar-refractivity contribution >= 4 is 26.8 Å². The van der Waals surface area contributed by atoms with Crippen molar-refractivity contribution in [2.24, 2.45) is 0 Å². The topological polar surface area (TPSA) is 82.3 Å². The Kier molecular flexibility index (Phi) is 4.95. The first-order valence-electron chi connectivity index (χ1n) is 9.38. The predicted molar refractivity (Wildman–Crippen MR) is 109 cm³/mol. The van der Waals surface area contributed by atoms with Crippen LogP contribution in [-0.2, 0) is 10.0 Å². The minimum absolute atomic E-state index is 0.0173. The molecule has 0 atom stereocenters. The van der Waals surface area contributed by atoms with Crippen LogP contribution in [0.15, 0.2) is 59.6 Å². The molecule has 3 aromatic rings. The van der Waals surface area contributed by atoms with Gasteiger partial charge in [0.2, 0.25) is 10.0 Å². The first kappa shape index (κ1) is 18.7. The number of hydrogen-bond acceptors (Lipinski definition) is 3. The maximum Gasteiger partial charge on any atom is 0.253 e. The maximum atomic E-state index is 12.8. The molecule has 1 fully saturated rings. The second kappa shape index (κ2) is 7.41. The van der Waals surface area contributed by atoms with Crippen molar-refractivity contribution < 1.29 is 13.2 Å². The summed E-state index contributed by atoms with van der Waals surface area (Å²) in [7, 11) is -3.54. The van der Waals surface area contributed by atoms with Crippen molar-refractivity contribution in [1.29, 1.82) is 0 Å². The van der Waals surface area contributed by atoms with Crippen molar-refractivity contribution in [1.82, 2.24) is 14.6 Å². The fourth-order valence-corrected chi connectivity index (χ4v) is 4.87. The van der Waals surface area contributed by atoms with Gasteiger partial charge in [0.25, 0.3) is 5.91 Å². The number of rotatable bonds is 4. The molecule has 0 saturated carbocycles. The average molecular weight is 398 g/mol. The second-order valence-corrected chi connectivity index (χ2v) is 8.99. The van der Waals surface area contributed by atoms with E-state index in [0.717, 1.165) is 16.5 Å². The highest BCUT2D eigenvalue weighted by atomic mass is 32.2. The largest absolute Gasteiger partial charge is 0.361 e. The Bertz CT molecular complexity index is 1100. The Morgan fingerprint density at radius 3 is 2.50 bits per heavy atom. The number of nitrogens with zero attached hydrogens (tertiary/aromatic N) is 1. The first-order valence-corrected chi connectivity index (χ1v) is 10.9. The number of hydrogen-bond donors (Lipinski definition) is 2. The number of amides is 1. The molecular weight excluding hydrogens is 374 g/mol. The Labute approximate surface area is 164 Å². The number of likely N-dealkylation sites (tertiary alicyclic amines) is 1. The molecule has 146 valence electrons. The molecule has 1 aliphatic rings. The average Bonchev–Trinajstić information content (AvgIpc) is 3.16. The third-order valence-corrected chi connectivity index (χ3v) is 6.77. The van der Waals surface area contributed by atoms with Crippen LogP contribution in [0.3, 0.4) is 0 Å². The van der Waals surface area contributed by atoms with E-state index in [9.17, 15) is 13.2 Å². The molecule has 0 unspecified atom stereocenters. The second-order valence-electron chi connectivity index (χ2n) is 7.28. The van der Waals surface area contributed by atoms with E-state index in [1.807, 2.05) is 37.4 Å². The number of fused-ring (bicyclic) bond motifs is 1. The third-order valence-electron chi connectivity index (χ3n) is 5.24. The van der Waals surface area contributed by atoms with E-state index in [2.05, 4.69) is 9.71 Å². The summed E-state index contributed by atoms with van der Waals surface area (Å²) in [5.41, 5.74) is 2.60. The standard InChI is InChI=1S/C21H23N3O3S/c1-15-2-6-19(7-3-15)28(26,27)23-18-9-12-24(13-10-18)21(25)17-5-4-16-8-11-22-20(16)14-17/h2-8,11,14,18,22-23H,9-10,12-13H2,1H3. The Morgan fingerprint density at radius 2 is 1.79 bits per heavy atom. The lowest BCUT2D eigenvalue weighted by Gasteiger charge is -2.32. The van der Waals surface area contributed by atoms with Crippen LogP contribution in [-0.4, -0.2) is 43.3 Å². The van der Waals surface area contributed by atoms with Gasteiger partial charge in [0.15, 0.2) is 0 Å². The minimum Gasteiger partial charge on any atom is -0.361 e. The summed E-state index contributed by atoms with van der Waals surface area (Å²) < 4.78 is 27.9. The molecule has 0 aliphatic carbocycles. The van der Waals surface area contributed by atoms with Crippen molar-refractivity contribution in [3.05, 3.63) is 65.9 Å². The molecule has 0 radical (unpaired) electrons. The molecule has 28 heavy (non-hydrogen) atoms. The zero-order valence-corrected chi connectivity index (χ0v) is 16.5. The van der Waals surface area contributed by atoms with Crippen LogP contribution in [0, 0.1) is 6.92 Å². The van der Waals surface area contributed by atoms with Gasteiger partial charge in [0.05, 0.1) is 4.90 Å². The van der Waals surface area contributed by atoms with E-state index in [1.54, 1.807) is 29.2 Å². The molecule has 4 rings (SSSR count). The van der Waals surface area contributed by atoms with E-state index in [1.165, 1.54) is 0 Å². The molecule has 1 saturated heterocycles. The van der Waals surface area contributed by atoms with Gasteiger partial charge in [-0.15, -0.1) is 0 Å². The Hall–Kier alpha value is -2.64. The normalized spacial score (nSPS) is 15.8. The molecular formula is C21H23N3O3S. The minimum atomic E-state index is -3.54. The van der Waals surface area contributed by atoms with Crippen LogP contribution in [0.25, 0.3) is 10.9 Å². The number of aromatic amines is 1. The molecule has 1 aliphatic heterocycles. The van der Waals surface area contributed by atoms with Gasteiger partial charge in [0, 0.05) is 36.4 Å². The number of nitrogens with one attached hydrogen (secondary N) is 2. The van der Waals surface area contributed by atoms with Gasteiger partial charge in [-0.05, 0) is 55.5 Å². The number of piperidine rings is 1. The highest BCUT2D eigenvalue weighted by molar-refractivity contribution is 7.89. The Balaban J connectivity index is 1.38. The SMILES string of the molecule is Cc1ccc(S(=O)(=O)NC2CCN(C(=O)c3ccc4cc[nH]c4c3)CC2)cc1. The fourth-order valence-electron chi connectivity index (χ4n) is 3.57. The molecule has 2 aromatic carbocycles. The lowest BCUT2D eigenvalue weighted by Crippen LogP contribution is -2.46. The van der Waals surface area contributed by atoms with Crippen LogP contribution >= 0.6 is 0 Å². The molecule has 7 heteroatoms. The first-order chi connectivity index (χ1) is 13.4. The zero-order valence-electron chi connectivity index (χ0n) is 15.7. The summed E-state index contributed by atoms with van der Waals surface area (Å²) in [6.07, 6.45) is 3.05. The van der Waals surface area contributed by atoms with Crippen LogP contribution in [0.4, 0.5) is 0 Å². The lowest BCUT2D eigenvalue weighted by molar-refractivity contribution is 0.0711. The molecule has 0 spiro atoms. The Morgan fingerprint density at radius 1 is 1.07 bits per heavy atom. The lowest BCUT2D eigenvalue weighted by atomic mass is 10.0. The molecule has 1 aromatic heterocycles. The van der Waals surface area contributed by atoms with Crippen LogP contribution < -0.4 is 4.72 Å². The van der Waals surface area contributed by atoms with E-state index >= 15 is 0 Å². The van der Waals surface area contributed by atoms with Gasteiger partial charge in [-0.25, -0.2) is 13.1 Å².